The molecule has 2 aromatic carbocycles. The van der Waals surface area contributed by atoms with Crippen molar-refractivity contribution >= 4 is 33.0 Å². The molecule has 0 N–H and O–H groups in total. The van der Waals surface area contributed by atoms with Gasteiger partial charge >= 0.3 is 0 Å². The lowest BCUT2D eigenvalue weighted by molar-refractivity contribution is 0.592. The third kappa shape index (κ3) is 2.56. The van der Waals surface area contributed by atoms with Gasteiger partial charge in [-0.05, 0) is 49.1 Å². The van der Waals surface area contributed by atoms with E-state index in [2.05, 4.69) is 17.0 Å². The predicted molar refractivity (Wildman–Crippen MR) is 97.6 cm³/mol. The summed E-state index contributed by atoms with van der Waals surface area (Å²) in [7, 11) is -3.64. The Hall–Kier alpha value is -1.72. The van der Waals surface area contributed by atoms with Gasteiger partial charge in [0.05, 0.1) is 10.7 Å². The van der Waals surface area contributed by atoms with Gasteiger partial charge in [0, 0.05) is 25.3 Å². The fraction of sp³-hybridized carbons (Fsp3) is 0.333. The van der Waals surface area contributed by atoms with E-state index in [0.29, 0.717) is 6.54 Å². The van der Waals surface area contributed by atoms with E-state index in [9.17, 15) is 8.42 Å². The molecule has 0 atom stereocenters. The fourth-order valence-electron chi connectivity index (χ4n) is 3.53. The number of halogens is 1. The molecule has 0 radical (unpaired) electrons. The summed E-state index contributed by atoms with van der Waals surface area (Å²) in [4.78, 5) is 2.49. The Kier molecular flexibility index (Phi) is 3.93. The van der Waals surface area contributed by atoms with Gasteiger partial charge in [-0.3, -0.25) is 4.31 Å². The topological polar surface area (TPSA) is 40.6 Å². The minimum absolute atomic E-state index is 0.172. The van der Waals surface area contributed by atoms with Crippen LogP contribution in [-0.2, 0) is 16.4 Å². The zero-order valence-corrected chi connectivity index (χ0v) is 14.9. The van der Waals surface area contributed by atoms with Crippen molar-refractivity contribution in [2.75, 3.05) is 28.8 Å². The van der Waals surface area contributed by atoms with Crippen LogP contribution in [0.25, 0.3) is 0 Å². The van der Waals surface area contributed by atoms with Crippen molar-refractivity contribution in [2.24, 2.45) is 0 Å². The molecule has 24 heavy (non-hydrogen) atoms. The first-order valence-electron chi connectivity index (χ1n) is 8.22. The molecule has 4 nitrogen and oxygen atoms in total. The third-order valence-electron chi connectivity index (χ3n) is 4.80. The highest BCUT2D eigenvalue weighted by molar-refractivity contribution is 7.93. The molecule has 2 aliphatic heterocycles. The Bertz CT molecular complexity index is 876. The Labute approximate surface area is 147 Å². The van der Waals surface area contributed by atoms with Crippen molar-refractivity contribution in [1.82, 2.24) is 0 Å². The van der Waals surface area contributed by atoms with Gasteiger partial charge in [-0.2, -0.15) is 0 Å². The zero-order chi connectivity index (χ0) is 16.7. The molecule has 0 saturated carbocycles. The SMILES string of the molecule is O=S(=O)(c1ccccc1Cl)N1CCc2ccc(N3CCCC3)cc21. The molecule has 0 aliphatic carbocycles. The van der Waals surface area contributed by atoms with Crippen LogP contribution in [0.4, 0.5) is 11.4 Å². The fourth-order valence-corrected chi connectivity index (χ4v) is 5.52. The highest BCUT2D eigenvalue weighted by atomic mass is 35.5. The minimum atomic E-state index is -3.64. The van der Waals surface area contributed by atoms with E-state index in [1.165, 1.54) is 17.1 Å². The molecule has 0 aromatic heterocycles. The maximum atomic E-state index is 13.1. The second kappa shape index (κ2) is 5.97. The Morgan fingerprint density at radius 2 is 1.71 bits per heavy atom. The second-order valence-electron chi connectivity index (χ2n) is 6.26. The highest BCUT2D eigenvalue weighted by Crippen LogP contribution is 2.37. The molecule has 2 aliphatic rings. The van der Waals surface area contributed by atoms with E-state index in [-0.39, 0.29) is 9.92 Å². The van der Waals surface area contributed by atoms with Gasteiger partial charge < -0.3 is 4.90 Å². The number of hydrogen-bond acceptors (Lipinski definition) is 3. The lowest BCUT2D eigenvalue weighted by Gasteiger charge is -2.23. The molecule has 0 bridgehead atoms. The Balaban J connectivity index is 1.75. The van der Waals surface area contributed by atoms with Crippen molar-refractivity contribution in [3.63, 3.8) is 0 Å². The quantitative estimate of drug-likeness (QED) is 0.836. The summed E-state index contributed by atoms with van der Waals surface area (Å²) in [5, 5.41) is 0.265. The zero-order valence-electron chi connectivity index (χ0n) is 13.3. The maximum absolute atomic E-state index is 13.1. The van der Waals surface area contributed by atoms with Crippen LogP contribution in [-0.4, -0.2) is 28.1 Å². The number of anilines is 2. The van der Waals surface area contributed by atoms with Gasteiger partial charge in [0.2, 0.25) is 0 Å². The lowest BCUT2D eigenvalue weighted by Crippen LogP contribution is -2.29. The molecule has 0 unspecified atom stereocenters. The number of sulfonamides is 1. The summed E-state index contributed by atoms with van der Waals surface area (Å²) in [6.07, 6.45) is 3.12. The molecular formula is C18H19ClN2O2S. The van der Waals surface area contributed by atoms with E-state index in [1.54, 1.807) is 24.3 Å². The molecule has 0 spiro atoms. The smallest absolute Gasteiger partial charge is 0.265 e. The van der Waals surface area contributed by atoms with E-state index in [1.807, 2.05) is 6.07 Å². The minimum Gasteiger partial charge on any atom is -0.371 e. The van der Waals surface area contributed by atoms with E-state index in [4.69, 9.17) is 11.6 Å². The monoisotopic (exact) mass is 362 g/mol. The highest BCUT2D eigenvalue weighted by Gasteiger charge is 2.32. The number of benzene rings is 2. The normalized spacial score (nSPS) is 17.4. The van der Waals surface area contributed by atoms with E-state index in [0.717, 1.165) is 36.4 Å². The van der Waals surface area contributed by atoms with Crippen LogP contribution in [0.1, 0.15) is 18.4 Å². The molecule has 2 aromatic rings. The summed E-state index contributed by atoms with van der Waals surface area (Å²) in [5.74, 6) is 0. The molecule has 0 amide bonds. The average Bonchev–Trinajstić information content (AvgIpc) is 3.24. The first kappa shape index (κ1) is 15.8. The summed E-state index contributed by atoms with van der Waals surface area (Å²) in [5.41, 5.74) is 2.97. The molecular weight excluding hydrogens is 344 g/mol. The van der Waals surface area contributed by atoms with Crippen LogP contribution in [0.5, 0.6) is 0 Å². The molecule has 1 saturated heterocycles. The third-order valence-corrected chi connectivity index (χ3v) is 7.11. The van der Waals surface area contributed by atoms with Crippen LogP contribution in [0.3, 0.4) is 0 Å². The molecule has 1 fully saturated rings. The van der Waals surface area contributed by atoms with Gasteiger partial charge in [-0.25, -0.2) is 8.42 Å². The van der Waals surface area contributed by atoms with E-state index >= 15 is 0 Å². The van der Waals surface area contributed by atoms with Crippen molar-refractivity contribution in [3.8, 4) is 0 Å². The van der Waals surface area contributed by atoms with Gasteiger partial charge in [-0.1, -0.05) is 29.8 Å². The van der Waals surface area contributed by atoms with Crippen LogP contribution < -0.4 is 9.21 Å². The van der Waals surface area contributed by atoms with Gasteiger partial charge in [0.1, 0.15) is 4.90 Å². The van der Waals surface area contributed by atoms with Gasteiger partial charge in [0.25, 0.3) is 10.0 Å². The molecule has 6 heteroatoms. The van der Waals surface area contributed by atoms with E-state index < -0.39 is 10.0 Å². The summed E-state index contributed by atoms with van der Waals surface area (Å²) < 4.78 is 27.7. The Morgan fingerprint density at radius 1 is 0.958 bits per heavy atom. The molecule has 4 rings (SSSR count). The number of rotatable bonds is 3. The Morgan fingerprint density at radius 3 is 2.46 bits per heavy atom. The average molecular weight is 363 g/mol. The standard InChI is InChI=1S/C18H19ClN2O2S/c19-16-5-1-2-6-18(16)24(22,23)21-12-9-14-7-8-15(13-17(14)21)20-10-3-4-11-20/h1-2,5-8,13H,3-4,9-12H2. The van der Waals surface area contributed by atoms with Crippen LogP contribution in [0.15, 0.2) is 47.4 Å². The van der Waals surface area contributed by atoms with Crippen LogP contribution in [0, 0.1) is 0 Å². The summed E-state index contributed by atoms with van der Waals surface area (Å²) in [6.45, 7) is 2.54. The second-order valence-corrected chi connectivity index (χ2v) is 8.50. The van der Waals surface area contributed by atoms with Gasteiger partial charge in [-0.15, -0.1) is 0 Å². The molecule has 126 valence electrons. The number of nitrogens with zero attached hydrogens (tertiary/aromatic N) is 2. The van der Waals surface area contributed by atoms with Crippen molar-refractivity contribution in [3.05, 3.63) is 53.1 Å². The van der Waals surface area contributed by atoms with Crippen molar-refractivity contribution in [2.45, 2.75) is 24.2 Å². The van der Waals surface area contributed by atoms with Crippen molar-refractivity contribution < 1.29 is 8.42 Å². The molecule has 2 heterocycles. The predicted octanol–water partition coefficient (Wildman–Crippen LogP) is 3.69. The van der Waals surface area contributed by atoms with Crippen molar-refractivity contribution in [1.29, 1.82) is 0 Å². The first-order chi connectivity index (χ1) is 11.6. The maximum Gasteiger partial charge on any atom is 0.265 e. The largest absolute Gasteiger partial charge is 0.371 e. The van der Waals surface area contributed by atoms with Gasteiger partial charge in [0.15, 0.2) is 0 Å². The van der Waals surface area contributed by atoms with Crippen LogP contribution >= 0.6 is 11.6 Å². The number of fused-ring (bicyclic) bond motifs is 1. The first-order valence-corrected chi connectivity index (χ1v) is 10.0. The summed E-state index contributed by atoms with van der Waals surface area (Å²) in [6, 6.07) is 12.8. The summed E-state index contributed by atoms with van der Waals surface area (Å²) >= 11 is 6.14. The number of hydrogen-bond donors (Lipinski definition) is 0. The lowest BCUT2D eigenvalue weighted by atomic mass is 10.1. The van der Waals surface area contributed by atoms with Crippen LogP contribution in [0.2, 0.25) is 5.02 Å².